The monoisotopic (exact) mass is 326 g/mol. The normalized spacial score (nSPS) is 26.5. The van der Waals surface area contributed by atoms with Gasteiger partial charge < -0.3 is 10.2 Å². The lowest BCUT2D eigenvalue weighted by molar-refractivity contribution is -0.165. The lowest BCUT2D eigenvalue weighted by atomic mass is 9.73. The van der Waals surface area contributed by atoms with Crippen molar-refractivity contribution in [1.29, 1.82) is 0 Å². The first-order chi connectivity index (χ1) is 10.3. The van der Waals surface area contributed by atoms with E-state index >= 15 is 0 Å². The third-order valence-electron chi connectivity index (χ3n) is 4.48. The van der Waals surface area contributed by atoms with Crippen LogP contribution in [0, 0.1) is 18.3 Å². The second-order valence-electron chi connectivity index (χ2n) is 6.79. The van der Waals surface area contributed by atoms with Gasteiger partial charge in [-0.2, -0.15) is 0 Å². The summed E-state index contributed by atoms with van der Waals surface area (Å²) in [5.41, 5.74) is -0.0456. The molecule has 6 heteroatoms. The van der Waals surface area contributed by atoms with E-state index in [-0.39, 0.29) is 0 Å². The predicted octanol–water partition coefficient (Wildman–Crippen LogP) is 2.53. The van der Waals surface area contributed by atoms with Crippen molar-refractivity contribution in [3.05, 3.63) is 16.1 Å². The molecule has 2 atom stereocenters. The van der Waals surface area contributed by atoms with Crippen molar-refractivity contribution < 1.29 is 15.0 Å². The van der Waals surface area contributed by atoms with Gasteiger partial charge in [-0.05, 0) is 32.1 Å². The molecule has 2 rings (SSSR count). The van der Waals surface area contributed by atoms with Crippen molar-refractivity contribution in [2.24, 2.45) is 11.3 Å². The van der Waals surface area contributed by atoms with Crippen LogP contribution >= 0.6 is 11.3 Å². The Morgan fingerprint density at radius 1 is 1.59 bits per heavy atom. The van der Waals surface area contributed by atoms with E-state index in [1.165, 1.54) is 0 Å². The highest BCUT2D eigenvalue weighted by Crippen LogP contribution is 2.37. The Kier molecular flexibility index (Phi) is 5.58. The maximum Gasteiger partial charge on any atom is 0.313 e. The van der Waals surface area contributed by atoms with Gasteiger partial charge in [0.05, 0.1) is 12.6 Å². The topological polar surface area (TPSA) is 73.7 Å². The van der Waals surface area contributed by atoms with E-state index in [0.717, 1.165) is 23.7 Å². The lowest BCUT2D eigenvalue weighted by Crippen LogP contribution is -2.55. The minimum absolute atomic E-state index is 0.398. The molecule has 1 aromatic heterocycles. The summed E-state index contributed by atoms with van der Waals surface area (Å²) in [4.78, 5) is 18.5. The zero-order valence-electron chi connectivity index (χ0n) is 13.6. The first-order valence-corrected chi connectivity index (χ1v) is 8.76. The van der Waals surface area contributed by atoms with Crippen LogP contribution in [0.15, 0.2) is 5.38 Å². The van der Waals surface area contributed by atoms with Crippen LogP contribution in [0.3, 0.4) is 0 Å². The van der Waals surface area contributed by atoms with Gasteiger partial charge in [-0.3, -0.25) is 9.69 Å². The number of rotatable bonds is 6. The van der Waals surface area contributed by atoms with E-state index in [2.05, 4.69) is 23.7 Å². The Hall–Kier alpha value is -0.980. The van der Waals surface area contributed by atoms with Crippen molar-refractivity contribution in [2.45, 2.75) is 52.7 Å². The number of thiazole rings is 1. The summed E-state index contributed by atoms with van der Waals surface area (Å²) in [7, 11) is 0. The van der Waals surface area contributed by atoms with Gasteiger partial charge in [-0.25, -0.2) is 4.98 Å². The predicted molar refractivity (Wildman–Crippen MR) is 86.9 cm³/mol. The molecule has 124 valence electrons. The zero-order chi connectivity index (χ0) is 16.3. The van der Waals surface area contributed by atoms with Crippen LogP contribution in [-0.4, -0.2) is 45.3 Å². The van der Waals surface area contributed by atoms with E-state index in [9.17, 15) is 15.0 Å². The Bertz CT molecular complexity index is 517. The van der Waals surface area contributed by atoms with E-state index in [1.54, 1.807) is 11.3 Å². The molecule has 22 heavy (non-hydrogen) atoms. The van der Waals surface area contributed by atoms with Crippen molar-refractivity contribution in [3.63, 3.8) is 0 Å². The van der Waals surface area contributed by atoms with Crippen LogP contribution in [-0.2, 0) is 11.3 Å². The summed E-state index contributed by atoms with van der Waals surface area (Å²) in [6.07, 6.45) is 1.08. The van der Waals surface area contributed by atoms with Gasteiger partial charge in [0.1, 0.15) is 10.4 Å². The number of aromatic nitrogens is 1. The molecule has 1 aliphatic heterocycles. The van der Waals surface area contributed by atoms with Gasteiger partial charge in [0.2, 0.25) is 0 Å². The smallest absolute Gasteiger partial charge is 0.313 e. The van der Waals surface area contributed by atoms with Crippen molar-refractivity contribution in [3.8, 4) is 0 Å². The fourth-order valence-electron chi connectivity index (χ4n) is 3.08. The highest BCUT2D eigenvalue weighted by Gasteiger charge is 2.48. The Morgan fingerprint density at radius 3 is 2.86 bits per heavy atom. The largest absolute Gasteiger partial charge is 0.481 e. The van der Waals surface area contributed by atoms with Gasteiger partial charge in [0.25, 0.3) is 0 Å². The molecule has 1 aromatic rings. The first-order valence-electron chi connectivity index (χ1n) is 7.88. The molecule has 0 aromatic carbocycles. The van der Waals surface area contributed by atoms with Crippen LogP contribution in [0.2, 0.25) is 0 Å². The molecule has 0 saturated carbocycles. The van der Waals surface area contributed by atoms with Crippen LogP contribution in [0.25, 0.3) is 0 Å². The van der Waals surface area contributed by atoms with Crippen molar-refractivity contribution in [2.75, 3.05) is 13.1 Å². The fraction of sp³-hybridized carbons (Fsp3) is 0.750. The minimum Gasteiger partial charge on any atom is -0.481 e. The summed E-state index contributed by atoms with van der Waals surface area (Å²) in [5.74, 6) is -0.443. The maximum absolute atomic E-state index is 11.9. The number of aliphatic hydroxyl groups is 1. The van der Waals surface area contributed by atoms with Crippen molar-refractivity contribution in [1.82, 2.24) is 9.88 Å². The molecule has 5 nitrogen and oxygen atoms in total. The number of carboxylic acid groups (broad SMARTS) is 1. The number of carboxylic acids is 1. The van der Waals surface area contributed by atoms with Gasteiger partial charge in [-0.15, -0.1) is 11.3 Å². The zero-order valence-corrected chi connectivity index (χ0v) is 14.4. The Morgan fingerprint density at radius 2 is 2.32 bits per heavy atom. The number of hydrogen-bond acceptors (Lipinski definition) is 5. The third-order valence-corrected chi connectivity index (χ3v) is 5.43. The van der Waals surface area contributed by atoms with Gasteiger partial charge >= 0.3 is 5.97 Å². The maximum atomic E-state index is 11.9. The fourth-order valence-corrected chi connectivity index (χ4v) is 3.89. The molecule has 2 N–H and O–H groups in total. The summed E-state index contributed by atoms with van der Waals surface area (Å²) in [6, 6.07) is 0. The number of piperidine rings is 1. The van der Waals surface area contributed by atoms with Crippen LogP contribution < -0.4 is 0 Å². The van der Waals surface area contributed by atoms with Crippen molar-refractivity contribution >= 4 is 17.3 Å². The number of carbonyl (C=O) groups is 1. The summed E-state index contributed by atoms with van der Waals surface area (Å²) >= 11 is 1.61. The molecule has 0 aliphatic carbocycles. The van der Waals surface area contributed by atoms with Crippen LogP contribution in [0.4, 0.5) is 0 Å². The van der Waals surface area contributed by atoms with E-state index in [4.69, 9.17) is 0 Å². The first kappa shape index (κ1) is 17.4. The summed E-state index contributed by atoms with van der Waals surface area (Å²) in [5, 5.41) is 23.2. The second-order valence-corrected chi connectivity index (χ2v) is 7.73. The molecule has 1 fully saturated rings. The Labute approximate surface area is 136 Å². The van der Waals surface area contributed by atoms with Gasteiger partial charge in [-0.1, -0.05) is 13.8 Å². The summed E-state index contributed by atoms with van der Waals surface area (Å²) in [6.45, 7) is 7.92. The number of aliphatic hydroxyl groups excluding tert-OH is 1. The highest BCUT2D eigenvalue weighted by atomic mass is 32.1. The number of aliphatic carboxylic acids is 1. The van der Waals surface area contributed by atoms with Crippen LogP contribution in [0.1, 0.15) is 43.8 Å². The SMILES string of the molecule is Cc1csc(CN2CC[C@@H](O)[C@](CCC(C)C)(C(=O)O)C2)n1. The molecule has 0 unspecified atom stereocenters. The molecule has 0 amide bonds. The molecular weight excluding hydrogens is 300 g/mol. The van der Waals surface area contributed by atoms with E-state index in [0.29, 0.717) is 31.8 Å². The number of aryl methyl sites for hydroxylation is 1. The number of nitrogens with zero attached hydrogens (tertiary/aromatic N) is 2. The highest BCUT2D eigenvalue weighted by molar-refractivity contribution is 7.09. The number of likely N-dealkylation sites (tertiary alicyclic amines) is 1. The average Bonchev–Trinajstić information content (AvgIpc) is 2.84. The van der Waals surface area contributed by atoms with E-state index < -0.39 is 17.5 Å². The van der Waals surface area contributed by atoms with E-state index in [1.807, 2.05) is 12.3 Å². The molecule has 0 spiro atoms. The standard InChI is InChI=1S/C16H26N2O3S/c1-11(2)4-6-16(15(20)21)10-18(7-5-13(16)19)8-14-17-12(3)9-22-14/h9,11,13,19H,4-8,10H2,1-3H3,(H,20,21)/t13-,16-/m1/s1. The quantitative estimate of drug-likeness (QED) is 0.840. The molecule has 2 heterocycles. The number of hydrogen-bond donors (Lipinski definition) is 2. The average molecular weight is 326 g/mol. The molecule has 1 aliphatic rings. The summed E-state index contributed by atoms with van der Waals surface area (Å²) < 4.78 is 0. The third kappa shape index (κ3) is 3.86. The molecule has 0 bridgehead atoms. The molecule has 0 radical (unpaired) electrons. The second kappa shape index (κ2) is 7.06. The van der Waals surface area contributed by atoms with Gasteiger partial charge in [0, 0.05) is 24.2 Å². The minimum atomic E-state index is -1.05. The Balaban J connectivity index is 2.11. The van der Waals surface area contributed by atoms with Gasteiger partial charge in [0.15, 0.2) is 0 Å². The lowest BCUT2D eigenvalue weighted by Gasteiger charge is -2.43. The van der Waals surface area contributed by atoms with Crippen LogP contribution in [0.5, 0.6) is 0 Å². The molecule has 1 saturated heterocycles. The molecular formula is C16H26N2O3S.